The van der Waals surface area contributed by atoms with Crippen molar-refractivity contribution in [3.8, 4) is 0 Å². The second-order valence-electron chi connectivity index (χ2n) is 9.24. The maximum atomic E-state index is 11.0. The molecule has 0 aromatic rings. The van der Waals surface area contributed by atoms with E-state index >= 15 is 0 Å². The summed E-state index contributed by atoms with van der Waals surface area (Å²) >= 11 is 0. The van der Waals surface area contributed by atoms with Crippen molar-refractivity contribution in [3.05, 3.63) is 0 Å². The smallest absolute Gasteiger partial charge is 0.176 e. The summed E-state index contributed by atoms with van der Waals surface area (Å²) in [5.74, 6) is 0. The van der Waals surface area contributed by atoms with Crippen LogP contribution in [0.1, 0.15) is 6.42 Å². The van der Waals surface area contributed by atoms with Crippen LogP contribution in [-0.2, 0) is 18.9 Å². The molecule has 15 nitrogen and oxygen atoms in total. The summed E-state index contributed by atoms with van der Waals surface area (Å²) < 4.78 is 22.7. The van der Waals surface area contributed by atoms with Gasteiger partial charge >= 0.3 is 0 Å². The third kappa shape index (κ3) is 5.54. The highest BCUT2D eigenvalue weighted by atomic mass is 16.7. The van der Waals surface area contributed by atoms with Crippen LogP contribution in [0, 0.1) is 0 Å². The lowest BCUT2D eigenvalue weighted by molar-refractivity contribution is -0.290. The summed E-state index contributed by atoms with van der Waals surface area (Å²) in [6.45, 7) is -0.869. The zero-order chi connectivity index (χ0) is 25.3. The van der Waals surface area contributed by atoms with Gasteiger partial charge in [0.2, 0.25) is 0 Å². The summed E-state index contributed by atoms with van der Waals surface area (Å²) in [5, 5.41) is 60.9. The van der Waals surface area contributed by atoms with Crippen LogP contribution in [0.15, 0.2) is 0 Å². The number of rotatable bonds is 7. The van der Waals surface area contributed by atoms with E-state index in [1.165, 1.54) is 0 Å². The van der Waals surface area contributed by atoms with Crippen molar-refractivity contribution in [1.82, 2.24) is 0 Å². The molecule has 200 valence electrons. The van der Waals surface area contributed by atoms with Gasteiger partial charge in [0.1, 0.15) is 61.0 Å². The monoisotopic (exact) mass is 497 g/mol. The first-order valence-electron chi connectivity index (χ1n) is 11.3. The van der Waals surface area contributed by atoms with E-state index in [2.05, 4.69) is 0 Å². The van der Waals surface area contributed by atoms with Crippen molar-refractivity contribution >= 4 is 0 Å². The Kier molecular flexibility index (Phi) is 9.57. The Balaban J connectivity index is 1.66. The molecule has 15 atom stereocenters. The van der Waals surface area contributed by atoms with Crippen LogP contribution in [0.4, 0.5) is 0 Å². The molecule has 2 saturated heterocycles. The molecule has 15 unspecified atom stereocenters. The number of ether oxygens (including phenoxy) is 4. The van der Waals surface area contributed by atoms with Gasteiger partial charge in [0.05, 0.1) is 25.3 Å². The fraction of sp³-hybridized carbons (Fsp3) is 1.00. The second kappa shape index (κ2) is 11.6. The molecule has 3 aliphatic rings. The number of aliphatic hydroxyl groups excluding tert-OH is 6. The van der Waals surface area contributed by atoms with Crippen molar-refractivity contribution in [3.63, 3.8) is 0 Å². The third-order valence-corrected chi connectivity index (χ3v) is 6.87. The zero-order valence-electron chi connectivity index (χ0n) is 18.7. The predicted octanol–water partition coefficient (Wildman–Crippen LogP) is -7.28. The molecule has 2 heterocycles. The van der Waals surface area contributed by atoms with Crippen LogP contribution in [0.5, 0.6) is 0 Å². The topological polar surface area (TPSA) is 288 Å². The van der Waals surface area contributed by atoms with Crippen molar-refractivity contribution in [2.45, 2.75) is 97.9 Å². The Bertz CT molecular complexity index is 651. The van der Waals surface area contributed by atoms with Gasteiger partial charge in [0.25, 0.3) is 0 Å². The van der Waals surface area contributed by atoms with E-state index in [0.29, 0.717) is 0 Å². The molecule has 0 bridgehead atoms. The van der Waals surface area contributed by atoms with E-state index in [0.717, 1.165) is 0 Å². The third-order valence-electron chi connectivity index (χ3n) is 6.87. The maximum Gasteiger partial charge on any atom is 0.176 e. The molecule has 1 aliphatic carbocycles. The summed E-state index contributed by atoms with van der Waals surface area (Å²) in [7, 11) is 0. The first-order chi connectivity index (χ1) is 16.0. The lowest BCUT2D eigenvalue weighted by Gasteiger charge is -2.47. The van der Waals surface area contributed by atoms with Gasteiger partial charge in [-0.05, 0) is 6.42 Å². The molecule has 15 heteroatoms. The Morgan fingerprint density at radius 3 is 1.94 bits per heavy atom. The second-order valence-corrected chi connectivity index (χ2v) is 9.24. The minimum atomic E-state index is -1.37. The maximum absolute atomic E-state index is 11.0. The summed E-state index contributed by atoms with van der Waals surface area (Å²) in [5.41, 5.74) is 29.6. The van der Waals surface area contributed by atoms with E-state index in [1.807, 2.05) is 0 Å². The predicted molar refractivity (Wildman–Crippen MR) is 115 cm³/mol. The first-order valence-corrected chi connectivity index (χ1v) is 11.3. The number of nitrogens with two attached hydrogens (primary N) is 5. The van der Waals surface area contributed by atoms with E-state index in [9.17, 15) is 30.6 Å². The Morgan fingerprint density at radius 2 is 1.32 bits per heavy atom. The molecule has 0 aromatic carbocycles. The molecule has 3 fully saturated rings. The van der Waals surface area contributed by atoms with Crippen LogP contribution in [0.3, 0.4) is 0 Å². The van der Waals surface area contributed by atoms with Gasteiger partial charge in [-0.25, -0.2) is 0 Å². The standard InChI is InChI=1S/C19H39N5O10/c20-2-7-14(28)15(29)11(24)19(33-7)34-18-6(22)1-5(21)17(16(18)30)31-4-9-13(27)10(23)12(26)8(3-25)32-9/h5-19,25-30H,1-4,20-24H2. The molecule has 1 saturated carbocycles. The van der Waals surface area contributed by atoms with Gasteiger partial charge < -0.3 is 78.3 Å². The molecule has 0 spiro atoms. The van der Waals surface area contributed by atoms with Gasteiger partial charge in [0, 0.05) is 18.6 Å². The molecule has 16 N–H and O–H groups in total. The van der Waals surface area contributed by atoms with Gasteiger partial charge in [-0.3, -0.25) is 0 Å². The van der Waals surface area contributed by atoms with Crippen molar-refractivity contribution in [2.75, 3.05) is 19.8 Å². The van der Waals surface area contributed by atoms with Crippen LogP contribution >= 0.6 is 0 Å². The van der Waals surface area contributed by atoms with E-state index < -0.39 is 98.1 Å². The van der Waals surface area contributed by atoms with Crippen LogP contribution in [0.2, 0.25) is 0 Å². The highest BCUT2D eigenvalue weighted by Gasteiger charge is 2.49. The summed E-state index contributed by atoms with van der Waals surface area (Å²) in [4.78, 5) is 0. The van der Waals surface area contributed by atoms with Gasteiger partial charge in [0.15, 0.2) is 6.29 Å². The highest BCUT2D eigenvalue weighted by molar-refractivity contribution is 5.01. The van der Waals surface area contributed by atoms with Crippen molar-refractivity contribution < 1.29 is 49.6 Å². The highest BCUT2D eigenvalue weighted by Crippen LogP contribution is 2.29. The average molecular weight is 498 g/mol. The largest absolute Gasteiger partial charge is 0.394 e. The molecule has 3 rings (SSSR count). The van der Waals surface area contributed by atoms with Gasteiger partial charge in [-0.1, -0.05) is 0 Å². The zero-order valence-corrected chi connectivity index (χ0v) is 18.7. The van der Waals surface area contributed by atoms with Gasteiger partial charge in [-0.2, -0.15) is 0 Å². The number of aliphatic hydroxyl groups is 6. The van der Waals surface area contributed by atoms with E-state index in [4.69, 9.17) is 47.6 Å². The Morgan fingerprint density at radius 1 is 0.706 bits per heavy atom. The number of hydrogen-bond donors (Lipinski definition) is 11. The van der Waals surface area contributed by atoms with E-state index in [1.54, 1.807) is 0 Å². The molecule has 0 amide bonds. The molecule has 2 aliphatic heterocycles. The minimum absolute atomic E-state index is 0.101. The Labute approximate surface area is 196 Å². The molecular formula is C19H39N5O10. The first kappa shape index (κ1) is 28.0. The van der Waals surface area contributed by atoms with Crippen LogP contribution in [-0.4, -0.2) is 142 Å². The summed E-state index contributed by atoms with van der Waals surface area (Å²) in [6.07, 6.45) is -12.6. The molecule has 0 radical (unpaired) electrons. The average Bonchev–Trinajstić information content (AvgIpc) is 2.81. The van der Waals surface area contributed by atoms with Crippen molar-refractivity contribution in [2.24, 2.45) is 28.7 Å². The van der Waals surface area contributed by atoms with Crippen LogP contribution in [0.25, 0.3) is 0 Å². The molecule has 34 heavy (non-hydrogen) atoms. The Hall–Kier alpha value is -0.600. The summed E-state index contributed by atoms with van der Waals surface area (Å²) in [6, 6.07) is -3.65. The minimum Gasteiger partial charge on any atom is -0.394 e. The molecular weight excluding hydrogens is 458 g/mol. The van der Waals surface area contributed by atoms with Crippen LogP contribution < -0.4 is 28.7 Å². The molecule has 0 aromatic heterocycles. The number of hydrogen-bond acceptors (Lipinski definition) is 15. The normalized spacial score (nSPS) is 52.5. The lowest BCUT2D eigenvalue weighted by atomic mass is 9.84. The fourth-order valence-electron chi connectivity index (χ4n) is 4.68. The SMILES string of the molecule is NCC1OC(OC2C(N)CC(N)C(OCC3OC(CO)C(O)C(N)C3O)C2O)C(N)C(O)C1O. The van der Waals surface area contributed by atoms with E-state index in [-0.39, 0.29) is 19.6 Å². The van der Waals surface area contributed by atoms with Crippen molar-refractivity contribution in [1.29, 1.82) is 0 Å². The van der Waals surface area contributed by atoms with Gasteiger partial charge in [-0.15, -0.1) is 0 Å². The quantitative estimate of drug-likeness (QED) is 0.156. The fourth-order valence-corrected chi connectivity index (χ4v) is 4.68. The lowest BCUT2D eigenvalue weighted by Crippen LogP contribution is -2.68.